The highest BCUT2D eigenvalue weighted by Gasteiger charge is 2.46. The zero-order valence-corrected chi connectivity index (χ0v) is 59.7. The molecule has 6 rings (SSSR count). The number of rotatable bonds is 18. The number of hydrogen-bond donors (Lipinski definition) is 0. The van der Waals surface area contributed by atoms with Crippen LogP contribution in [0.25, 0.3) is 0 Å². The second-order valence-corrected chi connectivity index (χ2v) is 51.2. The van der Waals surface area contributed by atoms with Crippen LogP contribution in [0.15, 0.2) is 0 Å². The molecule has 33 heteroatoms. The van der Waals surface area contributed by atoms with E-state index < -0.39 is 119 Å². The summed E-state index contributed by atoms with van der Waals surface area (Å²) in [7, 11) is -17.1. The van der Waals surface area contributed by atoms with E-state index in [4.69, 9.17) is 72.8 Å². The zero-order valence-electron chi connectivity index (χ0n) is 44.9. The zero-order chi connectivity index (χ0) is 51.2. The second kappa shape index (κ2) is 35.2. The van der Waals surface area contributed by atoms with Gasteiger partial charge in [-0.2, -0.15) is 0 Å². The van der Waals surface area contributed by atoms with Gasteiger partial charge in [-0.1, -0.05) is 14.4 Å². The Morgan fingerprint density at radius 2 is 1.09 bits per heavy atom. The average Bonchev–Trinajstić information content (AvgIpc) is 4.17. The molecule has 70 heavy (non-hydrogen) atoms. The monoisotopic (exact) mass is 1220 g/mol. The summed E-state index contributed by atoms with van der Waals surface area (Å²) in [6.45, 7) is 29.5. The maximum Gasteiger partial charge on any atom is 0.317 e. The van der Waals surface area contributed by atoms with E-state index in [9.17, 15) is 4.79 Å². The number of hydrogen-bond acceptors (Lipinski definition) is 20. The molecule has 6 aliphatic rings. The maximum absolute atomic E-state index is 12.2. The summed E-state index contributed by atoms with van der Waals surface area (Å²) in [5.74, 6) is 0.378. The van der Waals surface area contributed by atoms with Gasteiger partial charge in [0.1, 0.15) is 6.10 Å². The topological polar surface area (TPSA) is 199 Å². The van der Waals surface area contributed by atoms with E-state index >= 15 is 0 Å². The molecule has 1 aliphatic carbocycles. The Morgan fingerprint density at radius 1 is 0.629 bits per heavy atom. The van der Waals surface area contributed by atoms with Crippen LogP contribution < -0.4 is 0 Å². The molecule has 0 aromatic heterocycles. The van der Waals surface area contributed by atoms with E-state index in [2.05, 4.69) is 62.2 Å². The van der Waals surface area contributed by atoms with Crippen molar-refractivity contribution < 1.29 is 87.3 Å². The summed E-state index contributed by atoms with van der Waals surface area (Å²) in [4.78, 5) is 20.3. The molecule has 0 spiro atoms. The fourth-order valence-corrected chi connectivity index (χ4v) is 54.0. The Hall–Kier alpha value is 1.57. The third-order valence-corrected chi connectivity index (χ3v) is 55.1. The van der Waals surface area contributed by atoms with Crippen LogP contribution in [0.5, 0.6) is 0 Å². The van der Waals surface area contributed by atoms with Crippen LogP contribution >= 0.6 is 0 Å². The second-order valence-electron chi connectivity index (χ2n) is 18.9. The Labute approximate surface area is 443 Å². The number of fused-ring (bicyclic) bond motifs is 1. The number of carbonyl (C=O) groups is 1. The van der Waals surface area contributed by atoms with Gasteiger partial charge < -0.3 is 72.8 Å². The summed E-state index contributed by atoms with van der Waals surface area (Å²) in [6.07, 6.45) is 8.35. The lowest BCUT2D eigenvalue weighted by atomic mass is 9.88. The maximum atomic E-state index is 12.2. The van der Waals surface area contributed by atoms with Crippen molar-refractivity contribution in [2.45, 2.75) is 174 Å². The van der Waals surface area contributed by atoms with E-state index in [1.54, 1.807) is 7.11 Å². The van der Waals surface area contributed by atoms with Gasteiger partial charge in [0.25, 0.3) is 83.6 Å². The summed E-state index contributed by atoms with van der Waals surface area (Å²) < 4.78 is 99.8. The average molecular weight is 1230 g/mol. The molecule has 1 saturated carbocycles. The van der Waals surface area contributed by atoms with Gasteiger partial charge in [-0.3, -0.25) is 4.79 Å². The van der Waals surface area contributed by atoms with Gasteiger partial charge in [-0.25, -0.2) is 9.78 Å². The quantitative estimate of drug-likeness (QED) is 0.0483. The van der Waals surface area contributed by atoms with Crippen LogP contribution in [0.1, 0.15) is 52.9 Å². The van der Waals surface area contributed by atoms with Crippen LogP contribution in [0.4, 0.5) is 0 Å². The molecule has 20 nitrogen and oxygen atoms in total. The summed E-state index contributed by atoms with van der Waals surface area (Å²) in [5.41, 5.74) is 0. The third kappa shape index (κ3) is 29.3. The first-order valence-corrected chi connectivity index (χ1v) is 53.2. The minimum atomic E-state index is -2.48. The standard InChI is InChI=1S/C12H32O7Si5.C12H28O5Si4.C10H26O6Si4.C2H6O2.CH4/c1-11(12(13)15-8-7-9-20-14-2)10-24(6)18-22(4)16-21(3)17-23(5)19-24;1-18-14-19(2)16-21(4,17-20(3)15-18)8-7-10-5-6-11-12(9-10)13-11;1-17-13-18(2)15-20(4,16-19(3)14-17)7-5-6-11-8-10-9-12-10;1-3-4-2;/h11,21-23H,7-10,20H2,1-6H3;10-12,18-20H,5-9H2,1-4H3;10,17-19H,5-9H2,1-4H3;1-2H3;1H4. The minimum absolute atomic E-state index is 0. The predicted octanol–water partition coefficient (Wildman–Crippen LogP) is 3.38. The molecule has 11 atom stereocenters. The molecule has 11 unspecified atom stereocenters. The highest BCUT2D eigenvalue weighted by atomic mass is 28.5. The van der Waals surface area contributed by atoms with E-state index in [0.29, 0.717) is 37.6 Å². The van der Waals surface area contributed by atoms with Gasteiger partial charge in [0.2, 0.25) is 0 Å². The molecule has 6 fully saturated rings. The predicted molar refractivity (Wildman–Crippen MR) is 301 cm³/mol. The number of carbonyl (C=O) groups excluding carboxylic acids is 1. The number of epoxide rings is 2. The van der Waals surface area contributed by atoms with Gasteiger partial charge >= 0.3 is 31.7 Å². The van der Waals surface area contributed by atoms with Crippen molar-refractivity contribution in [2.24, 2.45) is 11.8 Å². The summed E-state index contributed by atoms with van der Waals surface area (Å²) >= 11 is 0. The van der Waals surface area contributed by atoms with Crippen molar-refractivity contribution in [3.8, 4) is 0 Å². The van der Waals surface area contributed by atoms with E-state index in [-0.39, 0.29) is 19.3 Å². The lowest BCUT2D eigenvalue weighted by Gasteiger charge is -2.37. The molecule has 0 N–H and O–H groups in total. The largest absolute Gasteiger partial charge is 0.465 e. The van der Waals surface area contributed by atoms with E-state index in [1.165, 1.54) is 39.9 Å². The van der Waals surface area contributed by atoms with Gasteiger partial charge in [0, 0.05) is 19.8 Å². The molecule has 416 valence electrons. The number of ether oxygens (including phenoxy) is 4. The van der Waals surface area contributed by atoms with Crippen LogP contribution in [-0.2, 0) is 87.3 Å². The highest BCUT2D eigenvalue weighted by molar-refractivity contribution is 6.82. The molecule has 0 bridgehead atoms. The van der Waals surface area contributed by atoms with Crippen LogP contribution in [0, 0.1) is 11.8 Å². The fourth-order valence-electron chi connectivity index (χ4n) is 8.80. The lowest BCUT2D eigenvalue weighted by molar-refractivity contribution is -0.248. The molecule has 5 saturated heterocycles. The molecular formula is C37H96O20Si13. The first-order valence-electron chi connectivity index (χ1n) is 25.1. The van der Waals surface area contributed by atoms with Gasteiger partial charge in [-0.05, 0) is 141 Å². The Morgan fingerprint density at radius 3 is 1.51 bits per heavy atom. The van der Waals surface area contributed by atoms with Crippen molar-refractivity contribution >= 4 is 125 Å². The molecule has 0 aromatic carbocycles. The molecule has 0 amide bonds. The first kappa shape index (κ1) is 67.7. The van der Waals surface area contributed by atoms with Gasteiger partial charge in [0.15, 0.2) is 9.76 Å². The SMILES string of the molecule is C.COOC.CO[SiH2]CCCOC(=O)C(C)C[Si]1(C)O[SiH](C)O[SiH](C)O[SiH](C)O1.C[SiH]1O[SiH](C)O[Si](C)(CCC2CCC3OC3C2)O[SiH](C)O1.C[SiH]1O[SiH](C)O[Si](C)(CCCOCC2CO2)O[SiH](C)O1. The summed E-state index contributed by atoms with van der Waals surface area (Å²) in [5, 5.41) is 0. The number of esters is 1. The Kier molecular flexibility index (Phi) is 34.0. The van der Waals surface area contributed by atoms with Crippen molar-refractivity contribution in [3.05, 3.63) is 0 Å². The minimum Gasteiger partial charge on any atom is -0.465 e. The molecule has 0 radical (unpaired) electrons. The first-order chi connectivity index (χ1) is 32.6. The van der Waals surface area contributed by atoms with Crippen LogP contribution in [-0.4, -0.2) is 191 Å². The molecule has 5 aliphatic heterocycles. The van der Waals surface area contributed by atoms with Crippen molar-refractivity contribution in [3.63, 3.8) is 0 Å². The van der Waals surface area contributed by atoms with Crippen molar-refractivity contribution in [1.29, 1.82) is 0 Å². The highest BCUT2D eigenvalue weighted by Crippen LogP contribution is 2.42. The van der Waals surface area contributed by atoms with E-state index in [1.807, 2.05) is 33.1 Å². The van der Waals surface area contributed by atoms with Crippen LogP contribution in [0.3, 0.4) is 0 Å². The third-order valence-electron chi connectivity index (χ3n) is 11.8. The fraction of sp³-hybridized carbons (Fsp3) is 0.973. The molecular weight excluding hydrogens is 1130 g/mol. The normalized spacial score (nSPS) is 39.1. The molecule has 0 aromatic rings. The van der Waals surface area contributed by atoms with Crippen molar-refractivity contribution in [1.82, 2.24) is 0 Å². The van der Waals surface area contributed by atoms with Crippen molar-refractivity contribution in [2.75, 3.05) is 47.8 Å². The van der Waals surface area contributed by atoms with Gasteiger partial charge in [0.05, 0.1) is 52.2 Å². The lowest BCUT2D eigenvalue weighted by Crippen LogP contribution is -2.54. The summed E-state index contributed by atoms with van der Waals surface area (Å²) in [6, 6.07) is 3.62. The Bertz CT molecular complexity index is 1370. The van der Waals surface area contributed by atoms with Gasteiger partial charge in [-0.15, -0.1) is 0 Å². The van der Waals surface area contributed by atoms with Crippen LogP contribution in [0.2, 0.25) is 103 Å². The Balaban J connectivity index is 0.000000345. The van der Waals surface area contributed by atoms with E-state index in [0.717, 1.165) is 50.1 Å². The smallest absolute Gasteiger partial charge is 0.317 e. The molecule has 5 heterocycles.